The van der Waals surface area contributed by atoms with E-state index in [1.165, 1.54) is 0 Å². The Morgan fingerprint density at radius 2 is 1.73 bits per heavy atom. The fraction of sp³-hybridized carbons (Fsp3) is 0.588. The molecule has 0 aliphatic carbocycles. The summed E-state index contributed by atoms with van der Waals surface area (Å²) >= 11 is 0. The first kappa shape index (κ1) is 16.8. The van der Waals surface area contributed by atoms with Gasteiger partial charge in [-0.25, -0.2) is 0 Å². The smallest absolute Gasteiger partial charge is 0.226 e. The number of likely N-dealkylation sites (tertiary alicyclic amines) is 1. The molecule has 5 nitrogen and oxygen atoms in total. The van der Waals surface area contributed by atoms with Crippen molar-refractivity contribution in [3.8, 4) is 5.75 Å². The average Bonchev–Trinajstić information content (AvgIpc) is 2.57. The lowest BCUT2D eigenvalue weighted by Crippen LogP contribution is -2.49. The van der Waals surface area contributed by atoms with Crippen LogP contribution in [0.25, 0.3) is 0 Å². The summed E-state index contributed by atoms with van der Waals surface area (Å²) in [6.07, 6.45) is 1.82. The Kier molecular flexibility index (Phi) is 5.80. The van der Waals surface area contributed by atoms with Gasteiger partial charge in [0.05, 0.1) is 13.0 Å². The zero-order valence-electron chi connectivity index (χ0n) is 13.6. The molecule has 1 heterocycles. The van der Waals surface area contributed by atoms with Gasteiger partial charge in [-0.3, -0.25) is 4.79 Å². The van der Waals surface area contributed by atoms with Crippen LogP contribution in [0.15, 0.2) is 24.3 Å². The summed E-state index contributed by atoms with van der Waals surface area (Å²) in [4.78, 5) is 14.3. The van der Waals surface area contributed by atoms with Gasteiger partial charge in [-0.15, -0.1) is 0 Å². The molecule has 1 fully saturated rings. The van der Waals surface area contributed by atoms with Gasteiger partial charge < -0.3 is 19.1 Å². The van der Waals surface area contributed by atoms with E-state index in [9.17, 15) is 4.79 Å². The topological polar surface area (TPSA) is 48.0 Å². The summed E-state index contributed by atoms with van der Waals surface area (Å²) in [6, 6.07) is 7.70. The van der Waals surface area contributed by atoms with Crippen LogP contribution in [-0.4, -0.2) is 50.5 Å². The molecule has 1 saturated heterocycles. The molecule has 0 radical (unpaired) electrons. The van der Waals surface area contributed by atoms with E-state index < -0.39 is 5.79 Å². The van der Waals surface area contributed by atoms with Crippen LogP contribution in [0.1, 0.15) is 25.3 Å². The molecule has 0 bridgehead atoms. The van der Waals surface area contributed by atoms with Gasteiger partial charge in [-0.05, 0) is 24.6 Å². The van der Waals surface area contributed by atoms with Crippen molar-refractivity contribution in [1.82, 2.24) is 4.90 Å². The van der Waals surface area contributed by atoms with Gasteiger partial charge in [0.15, 0.2) is 5.79 Å². The van der Waals surface area contributed by atoms with Crippen LogP contribution in [-0.2, 0) is 20.7 Å². The molecule has 0 unspecified atom stereocenters. The number of hydrogen-bond acceptors (Lipinski definition) is 4. The molecule has 0 saturated carbocycles. The molecule has 1 aromatic carbocycles. The predicted molar refractivity (Wildman–Crippen MR) is 83.9 cm³/mol. The number of hydrogen-bond donors (Lipinski definition) is 0. The first-order valence-corrected chi connectivity index (χ1v) is 7.72. The summed E-state index contributed by atoms with van der Waals surface area (Å²) in [5.74, 6) is 0.447. The molecule has 0 aromatic heterocycles. The number of methoxy groups -OCH3 is 2. The van der Waals surface area contributed by atoms with Crippen molar-refractivity contribution in [2.24, 2.45) is 0 Å². The monoisotopic (exact) mass is 307 g/mol. The number of amides is 1. The van der Waals surface area contributed by atoms with Gasteiger partial charge in [-0.1, -0.05) is 12.1 Å². The molecule has 22 heavy (non-hydrogen) atoms. The second kappa shape index (κ2) is 7.61. The number of ether oxygens (including phenoxy) is 3. The van der Waals surface area contributed by atoms with Crippen molar-refractivity contribution < 1.29 is 19.0 Å². The van der Waals surface area contributed by atoms with Crippen molar-refractivity contribution in [1.29, 1.82) is 0 Å². The van der Waals surface area contributed by atoms with Crippen molar-refractivity contribution in [3.63, 3.8) is 0 Å². The lowest BCUT2D eigenvalue weighted by Gasteiger charge is -2.39. The van der Waals surface area contributed by atoms with Crippen LogP contribution >= 0.6 is 0 Å². The quantitative estimate of drug-likeness (QED) is 0.756. The zero-order chi connectivity index (χ0) is 16.0. The van der Waals surface area contributed by atoms with E-state index in [1.54, 1.807) is 14.2 Å². The van der Waals surface area contributed by atoms with E-state index in [2.05, 4.69) is 0 Å². The highest BCUT2D eigenvalue weighted by Crippen LogP contribution is 2.26. The van der Waals surface area contributed by atoms with Gasteiger partial charge in [0, 0.05) is 40.2 Å². The minimum Gasteiger partial charge on any atom is -0.494 e. The van der Waals surface area contributed by atoms with Gasteiger partial charge >= 0.3 is 0 Å². The summed E-state index contributed by atoms with van der Waals surface area (Å²) < 4.78 is 16.3. The number of rotatable bonds is 6. The van der Waals surface area contributed by atoms with Crippen LogP contribution < -0.4 is 4.74 Å². The standard InChI is InChI=1S/C17H25NO4/c1-4-22-15-7-5-14(6-8-15)13-16(19)18-11-9-17(20-2,21-3)10-12-18/h5-8H,4,9-13H2,1-3H3. The van der Waals surface area contributed by atoms with Crippen LogP contribution in [0, 0.1) is 0 Å². The maximum absolute atomic E-state index is 12.4. The number of nitrogens with zero attached hydrogens (tertiary/aromatic N) is 1. The number of piperidine rings is 1. The van der Waals surface area contributed by atoms with E-state index in [-0.39, 0.29) is 5.91 Å². The zero-order valence-corrected chi connectivity index (χ0v) is 13.6. The lowest BCUT2D eigenvalue weighted by molar-refractivity contribution is -0.228. The fourth-order valence-electron chi connectivity index (χ4n) is 2.75. The average molecular weight is 307 g/mol. The largest absolute Gasteiger partial charge is 0.494 e. The third kappa shape index (κ3) is 3.99. The van der Waals surface area contributed by atoms with E-state index in [0.717, 1.165) is 11.3 Å². The summed E-state index contributed by atoms with van der Waals surface area (Å²) in [7, 11) is 3.31. The van der Waals surface area contributed by atoms with Crippen molar-refractivity contribution in [2.75, 3.05) is 33.9 Å². The van der Waals surface area contributed by atoms with E-state index >= 15 is 0 Å². The maximum atomic E-state index is 12.4. The number of carbonyl (C=O) groups is 1. The lowest BCUT2D eigenvalue weighted by atomic mass is 10.0. The second-order valence-electron chi connectivity index (χ2n) is 5.45. The maximum Gasteiger partial charge on any atom is 0.226 e. The van der Waals surface area contributed by atoms with Gasteiger partial charge in [0.2, 0.25) is 5.91 Å². The molecule has 0 N–H and O–H groups in total. The highest BCUT2D eigenvalue weighted by molar-refractivity contribution is 5.78. The minimum absolute atomic E-state index is 0.143. The van der Waals surface area contributed by atoms with E-state index in [4.69, 9.17) is 14.2 Å². The Labute approximate surface area is 132 Å². The molecule has 2 rings (SSSR count). The van der Waals surface area contributed by atoms with Crippen molar-refractivity contribution in [2.45, 2.75) is 32.0 Å². The van der Waals surface area contributed by atoms with E-state index in [0.29, 0.717) is 39.0 Å². The molecule has 0 spiro atoms. The Bertz CT molecular complexity index is 472. The molecule has 1 aromatic rings. The molecular formula is C17H25NO4. The van der Waals surface area contributed by atoms with Gasteiger partial charge in [-0.2, -0.15) is 0 Å². The Hall–Kier alpha value is -1.59. The molecule has 5 heteroatoms. The number of benzene rings is 1. The van der Waals surface area contributed by atoms with Gasteiger partial charge in [0.1, 0.15) is 5.75 Å². The minimum atomic E-state index is -0.532. The Morgan fingerprint density at radius 3 is 2.23 bits per heavy atom. The molecule has 1 aliphatic heterocycles. The molecule has 122 valence electrons. The highest BCUT2D eigenvalue weighted by Gasteiger charge is 2.35. The number of carbonyl (C=O) groups excluding carboxylic acids is 1. The van der Waals surface area contributed by atoms with E-state index in [1.807, 2.05) is 36.1 Å². The molecule has 0 atom stereocenters. The SMILES string of the molecule is CCOc1ccc(CC(=O)N2CCC(OC)(OC)CC2)cc1. The summed E-state index contributed by atoms with van der Waals surface area (Å²) in [5, 5.41) is 0. The second-order valence-corrected chi connectivity index (χ2v) is 5.45. The van der Waals surface area contributed by atoms with Crippen molar-refractivity contribution in [3.05, 3.63) is 29.8 Å². The Balaban J connectivity index is 1.88. The van der Waals surface area contributed by atoms with Gasteiger partial charge in [0.25, 0.3) is 0 Å². The predicted octanol–water partition coefficient (Wildman–Crippen LogP) is 2.24. The highest BCUT2D eigenvalue weighted by atomic mass is 16.7. The van der Waals surface area contributed by atoms with Crippen LogP contribution in [0.4, 0.5) is 0 Å². The van der Waals surface area contributed by atoms with Crippen LogP contribution in [0.5, 0.6) is 5.75 Å². The molecule has 1 amide bonds. The normalized spacial score (nSPS) is 17.3. The third-order valence-corrected chi connectivity index (χ3v) is 4.21. The Morgan fingerprint density at radius 1 is 1.14 bits per heavy atom. The van der Waals surface area contributed by atoms with Crippen molar-refractivity contribution >= 4 is 5.91 Å². The van der Waals surface area contributed by atoms with Crippen LogP contribution in [0.2, 0.25) is 0 Å². The third-order valence-electron chi connectivity index (χ3n) is 4.21. The first-order valence-electron chi connectivity index (χ1n) is 7.72. The van der Waals surface area contributed by atoms with Crippen LogP contribution in [0.3, 0.4) is 0 Å². The summed E-state index contributed by atoms with van der Waals surface area (Å²) in [5.41, 5.74) is 1.00. The fourth-order valence-corrected chi connectivity index (χ4v) is 2.75. The molecular weight excluding hydrogens is 282 g/mol. The summed E-state index contributed by atoms with van der Waals surface area (Å²) in [6.45, 7) is 3.93. The molecule has 1 aliphatic rings. The first-order chi connectivity index (χ1) is 10.6.